The summed E-state index contributed by atoms with van der Waals surface area (Å²) in [5.74, 6) is 0. The second-order valence-corrected chi connectivity index (χ2v) is 3.27. The molecule has 0 bridgehead atoms. The van der Waals surface area contributed by atoms with Crippen molar-refractivity contribution >= 4 is 19.7 Å². The third kappa shape index (κ3) is 11.3. The zero-order valence-corrected chi connectivity index (χ0v) is 8.66. The molecule has 0 aromatic carbocycles. The SMILES string of the molecule is CPCS(=O)[O-].[Y]. The Morgan fingerprint density at radius 2 is 2.29 bits per heavy atom. The van der Waals surface area contributed by atoms with Crippen molar-refractivity contribution in [3.63, 3.8) is 0 Å². The molecule has 0 N–H and O–H groups in total. The molecule has 0 saturated carbocycles. The van der Waals surface area contributed by atoms with Crippen LogP contribution in [0, 0.1) is 0 Å². The molecule has 0 aliphatic heterocycles. The van der Waals surface area contributed by atoms with Crippen molar-refractivity contribution in [1.29, 1.82) is 0 Å². The van der Waals surface area contributed by atoms with Gasteiger partial charge >= 0.3 is 0 Å². The summed E-state index contributed by atoms with van der Waals surface area (Å²) in [5, 5.41) is 0. The molecule has 5 heteroatoms. The summed E-state index contributed by atoms with van der Waals surface area (Å²) >= 11 is -1.80. The van der Waals surface area contributed by atoms with E-state index in [0.717, 1.165) is 0 Å². The Morgan fingerprint density at radius 3 is 2.29 bits per heavy atom. The molecule has 0 aromatic heterocycles. The Kier molecular flexibility index (Phi) is 12.5. The van der Waals surface area contributed by atoms with Crippen molar-refractivity contribution < 1.29 is 41.5 Å². The van der Waals surface area contributed by atoms with Gasteiger partial charge in [-0.1, -0.05) is 11.1 Å². The van der Waals surface area contributed by atoms with Crippen molar-refractivity contribution in [3.05, 3.63) is 0 Å². The molecule has 41 valence electrons. The van der Waals surface area contributed by atoms with Crippen molar-refractivity contribution in [2.24, 2.45) is 0 Å². The second-order valence-electron chi connectivity index (χ2n) is 0.802. The Hall–Kier alpha value is 1.64. The van der Waals surface area contributed by atoms with Crippen LogP contribution in [0.4, 0.5) is 0 Å². The summed E-state index contributed by atoms with van der Waals surface area (Å²) in [4.78, 5) is 0. The average molecular weight is 214 g/mol. The molecule has 0 aliphatic carbocycles. The van der Waals surface area contributed by atoms with Gasteiger partial charge in [-0.3, -0.25) is 4.21 Å². The largest absolute Gasteiger partial charge is 0.772 e. The zero-order chi connectivity index (χ0) is 4.99. The van der Waals surface area contributed by atoms with E-state index in [0.29, 0.717) is 14.1 Å². The Bertz CT molecular complexity index is 59.7. The first-order chi connectivity index (χ1) is 2.77. The van der Waals surface area contributed by atoms with Crippen LogP contribution in [0.3, 0.4) is 0 Å². The predicted octanol–water partition coefficient (Wildman–Crippen LogP) is 0.129. The first-order valence-corrected chi connectivity index (χ1v) is 4.43. The van der Waals surface area contributed by atoms with Gasteiger partial charge in [0.1, 0.15) is 0 Å². The van der Waals surface area contributed by atoms with Crippen LogP contribution in [0.25, 0.3) is 0 Å². The fraction of sp³-hybridized carbons (Fsp3) is 1.00. The van der Waals surface area contributed by atoms with E-state index in [1.54, 1.807) is 0 Å². The zero-order valence-electron chi connectivity index (χ0n) is 4.01. The van der Waals surface area contributed by atoms with E-state index in [9.17, 15) is 8.76 Å². The molecule has 1 radical (unpaired) electrons. The minimum atomic E-state index is -1.80. The Labute approximate surface area is 72.8 Å². The summed E-state index contributed by atoms with van der Waals surface area (Å²) in [6.07, 6.45) is 0. The van der Waals surface area contributed by atoms with E-state index < -0.39 is 11.1 Å². The third-order valence-electron chi connectivity index (χ3n) is 0.262. The minimum absolute atomic E-state index is 0. The molecule has 0 heterocycles. The van der Waals surface area contributed by atoms with Crippen molar-refractivity contribution in [3.8, 4) is 0 Å². The van der Waals surface area contributed by atoms with Crippen LogP contribution in [0.2, 0.25) is 0 Å². The van der Waals surface area contributed by atoms with Crippen LogP contribution in [0.5, 0.6) is 0 Å². The molecular weight excluding hydrogens is 208 g/mol. The van der Waals surface area contributed by atoms with Gasteiger partial charge in [-0.25, -0.2) is 0 Å². The van der Waals surface area contributed by atoms with Crippen LogP contribution in [-0.2, 0) is 43.8 Å². The van der Waals surface area contributed by atoms with E-state index >= 15 is 0 Å². The van der Waals surface area contributed by atoms with Gasteiger partial charge in [0.2, 0.25) is 0 Å². The van der Waals surface area contributed by atoms with E-state index in [-0.39, 0.29) is 32.7 Å². The van der Waals surface area contributed by atoms with E-state index in [4.69, 9.17) is 0 Å². The molecule has 2 nitrogen and oxygen atoms in total. The smallest absolute Gasteiger partial charge is 0.0273 e. The topological polar surface area (TPSA) is 40.1 Å². The van der Waals surface area contributed by atoms with Gasteiger partial charge in [-0.05, 0) is 6.66 Å². The van der Waals surface area contributed by atoms with Gasteiger partial charge in [0.05, 0.1) is 0 Å². The fourth-order valence-electron chi connectivity index (χ4n) is 0.118. The third-order valence-corrected chi connectivity index (χ3v) is 2.36. The minimum Gasteiger partial charge on any atom is -0.772 e. The molecule has 0 amide bonds. The first-order valence-electron chi connectivity index (χ1n) is 1.48. The Balaban J connectivity index is 0. The van der Waals surface area contributed by atoms with Crippen molar-refractivity contribution in [2.45, 2.75) is 0 Å². The summed E-state index contributed by atoms with van der Waals surface area (Å²) in [6, 6.07) is 0. The maximum atomic E-state index is 9.61. The van der Waals surface area contributed by atoms with Gasteiger partial charge < -0.3 is 4.55 Å². The van der Waals surface area contributed by atoms with E-state index in [2.05, 4.69) is 0 Å². The monoisotopic (exact) mass is 214 g/mol. The number of rotatable bonds is 2. The van der Waals surface area contributed by atoms with Crippen molar-refractivity contribution in [2.75, 3.05) is 12.2 Å². The van der Waals surface area contributed by atoms with E-state index in [1.165, 1.54) is 0 Å². The fourth-order valence-corrected chi connectivity index (χ4v) is 1.06. The molecule has 0 fully saturated rings. The average Bonchev–Trinajstić information content (AvgIpc) is 1.35. The predicted molar refractivity (Wildman–Crippen MR) is 28.0 cm³/mol. The van der Waals surface area contributed by atoms with E-state index in [1.807, 2.05) is 6.66 Å². The number of hydrogen-bond donors (Lipinski definition) is 0. The summed E-state index contributed by atoms with van der Waals surface area (Å²) in [5.41, 5.74) is 0.319. The molecule has 0 aliphatic rings. The molecule has 0 rings (SSSR count). The normalized spacial score (nSPS) is 14.0. The molecule has 2 atom stereocenters. The summed E-state index contributed by atoms with van der Waals surface area (Å²) in [7, 11) is 0.525. The molecule has 0 saturated heterocycles. The summed E-state index contributed by atoms with van der Waals surface area (Å²) in [6.45, 7) is 1.86. The van der Waals surface area contributed by atoms with Crippen LogP contribution in [0.15, 0.2) is 0 Å². The van der Waals surface area contributed by atoms with Crippen molar-refractivity contribution in [1.82, 2.24) is 0 Å². The standard InChI is InChI=1S/C2H7O2PS.Y/c1-5-2-6(3)4;/h5H,2H2,1H3,(H,3,4);/p-1. The molecule has 0 aromatic rings. The van der Waals surface area contributed by atoms with Crippen LogP contribution in [0.1, 0.15) is 0 Å². The molecular formula is C2H6O2PSY-. The Morgan fingerprint density at radius 1 is 1.86 bits per heavy atom. The van der Waals surface area contributed by atoms with Crippen LogP contribution < -0.4 is 0 Å². The van der Waals surface area contributed by atoms with Gasteiger partial charge in [0.25, 0.3) is 0 Å². The van der Waals surface area contributed by atoms with Gasteiger partial charge in [-0.15, -0.1) is 8.58 Å². The van der Waals surface area contributed by atoms with Crippen LogP contribution >= 0.6 is 8.58 Å². The van der Waals surface area contributed by atoms with Gasteiger partial charge in [0.15, 0.2) is 0 Å². The maximum Gasteiger partial charge on any atom is 0.0273 e. The summed E-state index contributed by atoms with van der Waals surface area (Å²) < 4.78 is 19.2. The molecule has 2 unspecified atom stereocenters. The quantitative estimate of drug-likeness (QED) is 0.484. The number of hydrogen-bond acceptors (Lipinski definition) is 2. The first kappa shape index (κ1) is 11.4. The van der Waals surface area contributed by atoms with Gasteiger partial charge in [-0.2, -0.15) is 0 Å². The molecule has 0 spiro atoms. The van der Waals surface area contributed by atoms with Crippen LogP contribution in [-0.4, -0.2) is 20.9 Å². The second kappa shape index (κ2) is 7.64. The van der Waals surface area contributed by atoms with Gasteiger partial charge in [0, 0.05) is 38.2 Å². The maximum absolute atomic E-state index is 9.61. The molecule has 7 heavy (non-hydrogen) atoms.